The molecule has 0 aromatic heterocycles. The van der Waals surface area contributed by atoms with Gasteiger partial charge in [-0.25, -0.2) is 0 Å². The third-order valence-electron chi connectivity index (χ3n) is 2.73. The van der Waals surface area contributed by atoms with E-state index in [0.29, 0.717) is 0 Å². The first kappa shape index (κ1) is 14.7. The first-order chi connectivity index (χ1) is 8.74. The molecule has 0 saturated carbocycles. The van der Waals surface area contributed by atoms with Gasteiger partial charge in [0, 0.05) is 18.5 Å². The van der Waals surface area contributed by atoms with Gasteiger partial charge in [-0.2, -0.15) is 5.26 Å². The van der Waals surface area contributed by atoms with Crippen molar-refractivity contribution in [3.63, 3.8) is 0 Å². The summed E-state index contributed by atoms with van der Waals surface area (Å²) in [6.45, 7) is 6.78. The number of nitrogens with zero attached hydrogens (tertiary/aromatic N) is 2. The first-order valence-electron chi connectivity index (χ1n) is 6.22. The molecule has 0 amide bonds. The Hall–Kier alpha value is -1.40. The van der Waals surface area contributed by atoms with E-state index in [1.54, 1.807) is 11.8 Å². The zero-order valence-corrected chi connectivity index (χ0v) is 12.0. The van der Waals surface area contributed by atoms with Gasteiger partial charge in [0.2, 0.25) is 0 Å². The Morgan fingerprint density at radius 1 is 1.50 bits per heavy atom. The Morgan fingerprint density at radius 2 is 2.28 bits per heavy atom. The zero-order valence-electron chi connectivity index (χ0n) is 11.1. The van der Waals surface area contributed by atoms with Crippen LogP contribution in [-0.4, -0.2) is 19.3 Å². The summed E-state index contributed by atoms with van der Waals surface area (Å²) in [6, 6.07) is 8.41. The summed E-state index contributed by atoms with van der Waals surface area (Å²) < 4.78 is 0. The van der Waals surface area contributed by atoms with Gasteiger partial charge in [0.15, 0.2) is 0 Å². The molecule has 1 aromatic carbocycles. The summed E-state index contributed by atoms with van der Waals surface area (Å²) in [6.07, 6.45) is 4.01. The number of allylic oxidation sites excluding steroid dienone is 1. The number of rotatable bonds is 7. The lowest BCUT2D eigenvalue weighted by Gasteiger charge is -2.21. The molecule has 0 unspecified atom stereocenters. The molecule has 0 fully saturated rings. The Morgan fingerprint density at radius 3 is 2.89 bits per heavy atom. The first-order valence-corrected chi connectivity index (χ1v) is 7.21. The van der Waals surface area contributed by atoms with E-state index in [9.17, 15) is 5.26 Å². The molecule has 3 heteroatoms. The van der Waals surface area contributed by atoms with Crippen LogP contribution in [0.3, 0.4) is 0 Å². The van der Waals surface area contributed by atoms with E-state index in [1.807, 2.05) is 31.3 Å². The number of nitriles is 1. The fraction of sp³-hybridized carbons (Fsp3) is 0.400. The van der Waals surface area contributed by atoms with Crippen molar-refractivity contribution in [2.24, 2.45) is 0 Å². The number of benzene rings is 1. The van der Waals surface area contributed by atoms with Crippen LogP contribution in [0.5, 0.6) is 0 Å². The second-order valence-electron chi connectivity index (χ2n) is 4.05. The summed E-state index contributed by atoms with van der Waals surface area (Å²) in [5.41, 5.74) is 1.82. The Labute approximate surface area is 114 Å². The number of anilines is 1. The SMILES string of the molecule is C=CCCCN(C)c1cccc(SCC)c1C#N. The molecule has 1 rings (SSSR count). The van der Waals surface area contributed by atoms with Crippen molar-refractivity contribution in [3.05, 3.63) is 36.4 Å². The minimum atomic E-state index is 0.797. The largest absolute Gasteiger partial charge is 0.373 e. The van der Waals surface area contributed by atoms with Gasteiger partial charge in [0.25, 0.3) is 0 Å². The van der Waals surface area contributed by atoms with Gasteiger partial charge < -0.3 is 4.90 Å². The smallest absolute Gasteiger partial charge is 0.103 e. The molecule has 0 saturated heterocycles. The van der Waals surface area contributed by atoms with Crippen LogP contribution >= 0.6 is 11.8 Å². The third kappa shape index (κ3) is 3.82. The third-order valence-corrected chi connectivity index (χ3v) is 3.67. The topological polar surface area (TPSA) is 27.0 Å². The summed E-state index contributed by atoms with van der Waals surface area (Å²) >= 11 is 1.72. The predicted molar refractivity (Wildman–Crippen MR) is 80.3 cm³/mol. The summed E-state index contributed by atoms with van der Waals surface area (Å²) in [4.78, 5) is 3.23. The highest BCUT2D eigenvalue weighted by atomic mass is 32.2. The molecule has 0 bridgehead atoms. The predicted octanol–water partition coefficient (Wildman–Crippen LogP) is 4.07. The second-order valence-corrected chi connectivity index (χ2v) is 5.35. The number of unbranched alkanes of at least 4 members (excludes halogenated alkanes) is 1. The van der Waals surface area contributed by atoms with Crippen molar-refractivity contribution in [2.45, 2.75) is 24.7 Å². The standard InChI is InChI=1S/C15H20N2S/c1-4-6-7-11-17(3)14-9-8-10-15(18-5-2)13(14)12-16/h4,8-10H,1,5-7,11H2,2-3H3. The quantitative estimate of drug-likeness (QED) is 0.420. The maximum absolute atomic E-state index is 9.34. The molecule has 0 heterocycles. The van der Waals surface area contributed by atoms with Crippen LogP contribution in [0, 0.1) is 11.3 Å². The second kappa shape index (κ2) is 7.84. The lowest BCUT2D eigenvalue weighted by Crippen LogP contribution is -2.19. The number of hydrogen-bond acceptors (Lipinski definition) is 3. The number of thioether (sulfide) groups is 1. The van der Waals surface area contributed by atoms with Crippen molar-refractivity contribution >= 4 is 17.4 Å². The fourth-order valence-corrected chi connectivity index (χ4v) is 2.60. The van der Waals surface area contributed by atoms with Crippen LogP contribution in [0.25, 0.3) is 0 Å². The van der Waals surface area contributed by atoms with E-state index >= 15 is 0 Å². The average molecular weight is 260 g/mol. The Bertz CT molecular complexity index is 435. The molecule has 0 spiro atoms. The Kier molecular flexibility index (Phi) is 6.38. The van der Waals surface area contributed by atoms with E-state index in [4.69, 9.17) is 0 Å². The Balaban J connectivity index is 2.90. The van der Waals surface area contributed by atoms with Gasteiger partial charge in [0.1, 0.15) is 6.07 Å². The molecule has 2 nitrogen and oxygen atoms in total. The highest BCUT2D eigenvalue weighted by Crippen LogP contribution is 2.29. The molecular formula is C15H20N2S. The van der Waals surface area contributed by atoms with Gasteiger partial charge in [0.05, 0.1) is 11.3 Å². The van der Waals surface area contributed by atoms with Crippen molar-refractivity contribution in [1.82, 2.24) is 0 Å². The molecule has 0 atom stereocenters. The summed E-state index contributed by atoms with van der Waals surface area (Å²) in [5, 5.41) is 9.34. The zero-order chi connectivity index (χ0) is 13.4. The summed E-state index contributed by atoms with van der Waals surface area (Å²) in [5.74, 6) is 0.984. The normalized spacial score (nSPS) is 9.83. The average Bonchev–Trinajstić information content (AvgIpc) is 2.39. The monoisotopic (exact) mass is 260 g/mol. The van der Waals surface area contributed by atoms with Crippen LogP contribution in [0.15, 0.2) is 35.7 Å². The van der Waals surface area contributed by atoms with E-state index in [-0.39, 0.29) is 0 Å². The van der Waals surface area contributed by atoms with Crippen LogP contribution in [-0.2, 0) is 0 Å². The van der Waals surface area contributed by atoms with Crippen molar-refractivity contribution in [1.29, 1.82) is 5.26 Å². The van der Waals surface area contributed by atoms with E-state index in [1.165, 1.54) is 0 Å². The molecule has 0 aliphatic rings. The van der Waals surface area contributed by atoms with Crippen molar-refractivity contribution in [3.8, 4) is 6.07 Å². The molecule has 96 valence electrons. The molecule has 0 N–H and O–H groups in total. The highest BCUT2D eigenvalue weighted by Gasteiger charge is 2.11. The van der Waals surface area contributed by atoms with Gasteiger partial charge in [-0.1, -0.05) is 19.1 Å². The molecular weight excluding hydrogens is 240 g/mol. The summed E-state index contributed by atoms with van der Waals surface area (Å²) in [7, 11) is 2.04. The van der Waals surface area contributed by atoms with E-state index in [0.717, 1.165) is 41.3 Å². The minimum Gasteiger partial charge on any atom is -0.373 e. The van der Waals surface area contributed by atoms with Crippen LogP contribution in [0.4, 0.5) is 5.69 Å². The lowest BCUT2D eigenvalue weighted by atomic mass is 10.1. The molecule has 1 aromatic rings. The van der Waals surface area contributed by atoms with Crippen LogP contribution in [0.1, 0.15) is 25.3 Å². The molecule has 0 aliphatic heterocycles. The minimum absolute atomic E-state index is 0.797. The molecule has 18 heavy (non-hydrogen) atoms. The maximum atomic E-state index is 9.34. The van der Waals surface area contributed by atoms with Gasteiger partial charge in [-0.3, -0.25) is 0 Å². The van der Waals surface area contributed by atoms with Gasteiger partial charge in [-0.15, -0.1) is 18.3 Å². The molecule has 0 radical (unpaired) electrons. The van der Waals surface area contributed by atoms with Crippen molar-refractivity contribution in [2.75, 3.05) is 24.2 Å². The molecule has 0 aliphatic carbocycles. The maximum Gasteiger partial charge on any atom is 0.103 e. The van der Waals surface area contributed by atoms with Gasteiger partial charge >= 0.3 is 0 Å². The van der Waals surface area contributed by atoms with Crippen LogP contribution in [0.2, 0.25) is 0 Å². The number of hydrogen-bond donors (Lipinski definition) is 0. The van der Waals surface area contributed by atoms with E-state index in [2.05, 4.69) is 24.5 Å². The highest BCUT2D eigenvalue weighted by molar-refractivity contribution is 7.99. The lowest BCUT2D eigenvalue weighted by molar-refractivity contribution is 0.800. The van der Waals surface area contributed by atoms with Gasteiger partial charge in [-0.05, 0) is 30.7 Å². The van der Waals surface area contributed by atoms with Crippen molar-refractivity contribution < 1.29 is 0 Å². The fourth-order valence-electron chi connectivity index (χ4n) is 1.82. The van der Waals surface area contributed by atoms with Crippen LogP contribution < -0.4 is 4.90 Å². The van der Waals surface area contributed by atoms with E-state index < -0.39 is 0 Å².